The third-order valence-corrected chi connectivity index (χ3v) is 3.72. The molecule has 1 heteroatoms. The lowest BCUT2D eigenvalue weighted by molar-refractivity contribution is 0.303. The van der Waals surface area contributed by atoms with Gasteiger partial charge >= 0.3 is 0 Å². The summed E-state index contributed by atoms with van der Waals surface area (Å²) in [6.45, 7) is 8.81. The van der Waals surface area contributed by atoms with Gasteiger partial charge in [0.1, 0.15) is 0 Å². The zero-order valence-electron chi connectivity index (χ0n) is 11.3. The van der Waals surface area contributed by atoms with Crippen LogP contribution in [0.5, 0.6) is 0 Å². The Bertz CT molecular complexity index is 278. The van der Waals surface area contributed by atoms with Crippen molar-refractivity contribution >= 4 is 0 Å². The van der Waals surface area contributed by atoms with Gasteiger partial charge in [-0.15, -0.1) is 0 Å². The quantitative estimate of drug-likeness (QED) is 0.660. The van der Waals surface area contributed by atoms with Crippen LogP contribution in [-0.4, -0.2) is 5.54 Å². The molecule has 2 N–H and O–H groups in total. The van der Waals surface area contributed by atoms with Crippen LogP contribution in [0.25, 0.3) is 0 Å². The lowest BCUT2D eigenvalue weighted by Gasteiger charge is -2.30. The summed E-state index contributed by atoms with van der Waals surface area (Å²) in [6.07, 6.45) is 10.8. The van der Waals surface area contributed by atoms with E-state index < -0.39 is 0 Å². The Hall–Kier alpha value is -0.560. The number of allylic oxidation sites excluding steroid dienone is 4. The second kappa shape index (κ2) is 5.67. The summed E-state index contributed by atoms with van der Waals surface area (Å²) in [5.74, 6) is 0.601. The highest BCUT2D eigenvalue weighted by Gasteiger charge is 2.23. The third kappa shape index (κ3) is 4.52. The lowest BCUT2D eigenvalue weighted by Crippen LogP contribution is -2.40. The molecule has 0 aromatic carbocycles. The summed E-state index contributed by atoms with van der Waals surface area (Å²) in [5.41, 5.74) is 9.25. The Kier molecular flexibility index (Phi) is 4.79. The van der Waals surface area contributed by atoms with E-state index in [1.54, 1.807) is 0 Å². The van der Waals surface area contributed by atoms with E-state index >= 15 is 0 Å². The molecule has 0 spiro atoms. The SMILES string of the molecule is CC1=CC[C@H](C(C)(C)N)CC/C(C)=C\CC1. The highest BCUT2D eigenvalue weighted by Crippen LogP contribution is 2.27. The fourth-order valence-corrected chi connectivity index (χ4v) is 2.29. The normalized spacial score (nSPS) is 27.9. The lowest BCUT2D eigenvalue weighted by atomic mass is 9.80. The van der Waals surface area contributed by atoms with Gasteiger partial charge in [0.05, 0.1) is 0 Å². The third-order valence-electron chi connectivity index (χ3n) is 3.72. The highest BCUT2D eigenvalue weighted by atomic mass is 14.7. The van der Waals surface area contributed by atoms with E-state index in [0.29, 0.717) is 5.92 Å². The van der Waals surface area contributed by atoms with E-state index in [1.165, 1.54) is 36.8 Å². The van der Waals surface area contributed by atoms with Crippen molar-refractivity contribution in [1.82, 2.24) is 0 Å². The monoisotopic (exact) mass is 221 g/mol. The van der Waals surface area contributed by atoms with Crippen LogP contribution in [0.15, 0.2) is 23.3 Å². The molecule has 0 fully saturated rings. The molecule has 0 saturated heterocycles. The van der Waals surface area contributed by atoms with Crippen molar-refractivity contribution in [2.24, 2.45) is 11.7 Å². The summed E-state index contributed by atoms with van der Waals surface area (Å²) in [6, 6.07) is 0. The summed E-state index contributed by atoms with van der Waals surface area (Å²) in [5, 5.41) is 0. The Morgan fingerprint density at radius 2 is 1.75 bits per heavy atom. The van der Waals surface area contributed by atoms with Gasteiger partial charge in [-0.1, -0.05) is 23.3 Å². The van der Waals surface area contributed by atoms with Crippen LogP contribution in [0, 0.1) is 5.92 Å². The van der Waals surface area contributed by atoms with Crippen LogP contribution in [-0.2, 0) is 0 Å². The molecular weight excluding hydrogens is 194 g/mol. The van der Waals surface area contributed by atoms with Gasteiger partial charge in [0.15, 0.2) is 0 Å². The molecule has 1 nitrogen and oxygen atoms in total. The molecule has 1 aliphatic carbocycles. The molecule has 0 unspecified atom stereocenters. The molecule has 1 aliphatic rings. The van der Waals surface area contributed by atoms with Crippen molar-refractivity contribution in [3.63, 3.8) is 0 Å². The Balaban J connectivity index is 2.75. The molecule has 0 bridgehead atoms. The Morgan fingerprint density at radius 3 is 2.38 bits per heavy atom. The van der Waals surface area contributed by atoms with Crippen molar-refractivity contribution in [2.75, 3.05) is 0 Å². The molecule has 0 saturated carbocycles. The molecule has 1 atom stereocenters. The maximum absolute atomic E-state index is 6.26. The number of rotatable bonds is 1. The molecule has 0 heterocycles. The maximum atomic E-state index is 6.26. The van der Waals surface area contributed by atoms with E-state index in [0.717, 1.165) is 6.42 Å². The van der Waals surface area contributed by atoms with Crippen LogP contribution in [0.3, 0.4) is 0 Å². The number of hydrogen-bond acceptors (Lipinski definition) is 1. The van der Waals surface area contributed by atoms with Gasteiger partial charge in [-0.2, -0.15) is 0 Å². The minimum absolute atomic E-state index is 0.0593. The van der Waals surface area contributed by atoms with Crippen LogP contribution in [0.4, 0.5) is 0 Å². The summed E-state index contributed by atoms with van der Waals surface area (Å²) >= 11 is 0. The average molecular weight is 221 g/mol. The van der Waals surface area contributed by atoms with E-state index in [4.69, 9.17) is 5.73 Å². The summed E-state index contributed by atoms with van der Waals surface area (Å²) in [7, 11) is 0. The molecule has 0 radical (unpaired) electrons. The molecule has 0 aliphatic heterocycles. The van der Waals surface area contributed by atoms with Crippen molar-refractivity contribution in [1.29, 1.82) is 0 Å². The minimum Gasteiger partial charge on any atom is -0.325 e. The Morgan fingerprint density at radius 1 is 1.12 bits per heavy atom. The first-order valence-corrected chi connectivity index (χ1v) is 6.49. The first-order chi connectivity index (χ1) is 7.39. The van der Waals surface area contributed by atoms with Crippen LogP contribution in [0.1, 0.15) is 59.8 Å². The molecule has 0 aromatic rings. The van der Waals surface area contributed by atoms with E-state index in [1.807, 2.05) is 0 Å². The summed E-state index contributed by atoms with van der Waals surface area (Å²) < 4.78 is 0. The second-order valence-corrected chi connectivity index (χ2v) is 5.93. The Labute approximate surface area is 101 Å². The molecule has 0 amide bonds. The van der Waals surface area contributed by atoms with Gasteiger partial charge in [0.2, 0.25) is 0 Å². The van der Waals surface area contributed by atoms with Crippen LogP contribution >= 0.6 is 0 Å². The summed E-state index contributed by atoms with van der Waals surface area (Å²) in [4.78, 5) is 0. The van der Waals surface area contributed by atoms with E-state index in [9.17, 15) is 0 Å². The first kappa shape index (κ1) is 13.5. The van der Waals surface area contributed by atoms with Crippen molar-refractivity contribution < 1.29 is 0 Å². The van der Waals surface area contributed by atoms with Crippen molar-refractivity contribution in [3.8, 4) is 0 Å². The van der Waals surface area contributed by atoms with Crippen molar-refractivity contribution in [2.45, 2.75) is 65.3 Å². The zero-order valence-corrected chi connectivity index (χ0v) is 11.3. The maximum Gasteiger partial charge on any atom is 0.0128 e. The smallest absolute Gasteiger partial charge is 0.0128 e. The average Bonchev–Trinajstić information content (AvgIpc) is 2.15. The predicted octanol–water partition coefficient (Wildman–Crippen LogP) is 4.20. The van der Waals surface area contributed by atoms with Gasteiger partial charge < -0.3 is 5.73 Å². The molecule has 92 valence electrons. The molecule has 1 rings (SSSR count). The van der Waals surface area contributed by atoms with E-state index in [-0.39, 0.29) is 5.54 Å². The van der Waals surface area contributed by atoms with Gasteiger partial charge in [0, 0.05) is 5.54 Å². The van der Waals surface area contributed by atoms with Gasteiger partial charge in [0.25, 0.3) is 0 Å². The minimum atomic E-state index is -0.0593. The molecule has 16 heavy (non-hydrogen) atoms. The first-order valence-electron chi connectivity index (χ1n) is 6.49. The van der Waals surface area contributed by atoms with Crippen LogP contribution in [0.2, 0.25) is 0 Å². The fourth-order valence-electron chi connectivity index (χ4n) is 2.29. The van der Waals surface area contributed by atoms with Gasteiger partial charge in [-0.3, -0.25) is 0 Å². The predicted molar refractivity (Wildman–Crippen MR) is 72.4 cm³/mol. The van der Waals surface area contributed by atoms with E-state index in [2.05, 4.69) is 39.8 Å². The van der Waals surface area contributed by atoms with Gasteiger partial charge in [-0.25, -0.2) is 0 Å². The van der Waals surface area contributed by atoms with Crippen molar-refractivity contribution in [3.05, 3.63) is 23.3 Å². The van der Waals surface area contributed by atoms with Crippen LogP contribution < -0.4 is 5.73 Å². The standard InChI is InChI=1S/C15H27N/c1-12-6-5-7-13(2)9-11-14(10-8-12)15(3,4)16/h6,9,14H,5,7-8,10-11,16H2,1-4H3/b12-6-,13-9?/t14-/m1/s1. The highest BCUT2D eigenvalue weighted by molar-refractivity contribution is 5.07. The topological polar surface area (TPSA) is 26.0 Å². The largest absolute Gasteiger partial charge is 0.325 e. The number of hydrogen-bond donors (Lipinski definition) is 1. The second-order valence-electron chi connectivity index (χ2n) is 5.93. The fraction of sp³-hybridized carbons (Fsp3) is 0.733. The molecular formula is C15H27N. The number of nitrogens with two attached hydrogens (primary N) is 1. The van der Waals surface area contributed by atoms with Gasteiger partial charge in [-0.05, 0) is 65.7 Å². The molecule has 0 aromatic heterocycles. The zero-order chi connectivity index (χ0) is 12.2.